The topological polar surface area (TPSA) is 94.9 Å². The highest BCUT2D eigenvalue weighted by atomic mass is 32.2. The Labute approximate surface area is 77.8 Å². The first kappa shape index (κ1) is 13.1. The van der Waals surface area contributed by atoms with Crippen LogP contribution in [-0.4, -0.2) is 55.1 Å². The van der Waals surface area contributed by atoms with E-state index in [9.17, 15) is 13.0 Å². The van der Waals surface area contributed by atoms with Crippen molar-refractivity contribution in [3.8, 4) is 0 Å². The standard InChI is InChI=1S/C5H14NO5PS/c1-6(5-12(2,7)8)3-4-13(9,10)11/h3-5H2,1-2H3,(H,7,8)(H,9,10,11). The predicted octanol–water partition coefficient (Wildman–Crippen LogP) is -0.336. The Bertz CT molecular complexity index is 294. The van der Waals surface area contributed by atoms with Crippen molar-refractivity contribution < 1.29 is 22.4 Å². The summed E-state index contributed by atoms with van der Waals surface area (Å²) in [5, 5.41) is 0. The summed E-state index contributed by atoms with van der Waals surface area (Å²) in [6, 6.07) is 0. The minimum atomic E-state index is -3.99. The lowest BCUT2D eigenvalue weighted by Crippen LogP contribution is -2.26. The summed E-state index contributed by atoms with van der Waals surface area (Å²) < 4.78 is 39.8. The Morgan fingerprint density at radius 3 is 2.23 bits per heavy atom. The molecule has 2 N–H and O–H groups in total. The normalized spacial score (nSPS) is 17.3. The fourth-order valence-electron chi connectivity index (χ4n) is 0.790. The summed E-state index contributed by atoms with van der Waals surface area (Å²) >= 11 is 0. The van der Waals surface area contributed by atoms with E-state index in [2.05, 4.69) is 0 Å². The van der Waals surface area contributed by atoms with Crippen LogP contribution in [0.4, 0.5) is 0 Å². The van der Waals surface area contributed by atoms with Crippen LogP contribution in [0.5, 0.6) is 0 Å². The van der Waals surface area contributed by atoms with Crippen molar-refractivity contribution in [2.75, 3.05) is 32.3 Å². The Morgan fingerprint density at radius 2 is 1.92 bits per heavy atom. The summed E-state index contributed by atoms with van der Waals surface area (Å²) in [6.45, 7) is 1.23. The highest BCUT2D eigenvalue weighted by molar-refractivity contribution is 7.85. The van der Waals surface area contributed by atoms with Crippen LogP contribution in [0.2, 0.25) is 0 Å². The van der Waals surface area contributed by atoms with Gasteiger partial charge < -0.3 is 4.89 Å². The summed E-state index contributed by atoms with van der Waals surface area (Å²) in [5.74, 6) is -0.427. The lowest BCUT2D eigenvalue weighted by molar-refractivity contribution is 0.372. The maximum atomic E-state index is 10.9. The molecular weight excluding hydrogens is 217 g/mol. The van der Waals surface area contributed by atoms with E-state index in [0.29, 0.717) is 0 Å². The summed E-state index contributed by atoms with van der Waals surface area (Å²) in [4.78, 5) is 10.3. The van der Waals surface area contributed by atoms with Crippen molar-refractivity contribution in [2.24, 2.45) is 0 Å². The first-order valence-electron chi connectivity index (χ1n) is 3.53. The number of hydrogen-bond donors (Lipinski definition) is 2. The lowest BCUT2D eigenvalue weighted by Gasteiger charge is -2.16. The van der Waals surface area contributed by atoms with E-state index in [-0.39, 0.29) is 12.8 Å². The van der Waals surface area contributed by atoms with Gasteiger partial charge in [-0.3, -0.25) is 14.0 Å². The molecule has 0 heterocycles. The van der Waals surface area contributed by atoms with E-state index in [1.165, 1.54) is 18.6 Å². The van der Waals surface area contributed by atoms with Gasteiger partial charge in [-0.2, -0.15) is 8.42 Å². The molecule has 0 spiro atoms. The van der Waals surface area contributed by atoms with Crippen molar-refractivity contribution in [2.45, 2.75) is 0 Å². The van der Waals surface area contributed by atoms with Gasteiger partial charge in [-0.05, 0) is 7.05 Å². The second-order valence-corrected chi connectivity index (χ2v) is 7.01. The smallest absolute Gasteiger partial charge is 0.266 e. The molecule has 0 amide bonds. The number of rotatable bonds is 5. The molecule has 0 aliphatic heterocycles. The van der Waals surface area contributed by atoms with Crippen molar-refractivity contribution in [3.63, 3.8) is 0 Å². The Morgan fingerprint density at radius 1 is 1.46 bits per heavy atom. The molecule has 0 radical (unpaired) electrons. The molecule has 0 aromatic rings. The predicted molar refractivity (Wildman–Crippen MR) is 49.7 cm³/mol. The van der Waals surface area contributed by atoms with Gasteiger partial charge in [0.05, 0.1) is 12.0 Å². The third-order valence-corrected chi connectivity index (χ3v) is 2.94. The molecular formula is C5H14NO5PS. The van der Waals surface area contributed by atoms with Gasteiger partial charge in [-0.15, -0.1) is 0 Å². The van der Waals surface area contributed by atoms with Gasteiger partial charge in [0, 0.05) is 13.2 Å². The molecule has 0 aromatic carbocycles. The first-order valence-corrected chi connectivity index (χ1v) is 7.43. The summed E-state index contributed by atoms with van der Waals surface area (Å²) in [6.07, 6.45) is -0.0808. The van der Waals surface area contributed by atoms with E-state index in [0.717, 1.165) is 0 Å². The third-order valence-electron chi connectivity index (χ3n) is 1.23. The maximum Gasteiger partial charge on any atom is 0.266 e. The Hall–Kier alpha value is 0.0600. The summed E-state index contributed by atoms with van der Waals surface area (Å²) in [5.41, 5.74) is 0. The van der Waals surface area contributed by atoms with Crippen LogP contribution < -0.4 is 0 Å². The number of nitrogens with zero attached hydrogens (tertiary/aromatic N) is 1. The van der Waals surface area contributed by atoms with Crippen molar-refractivity contribution >= 4 is 17.5 Å². The van der Waals surface area contributed by atoms with Crippen LogP contribution in [0.1, 0.15) is 0 Å². The van der Waals surface area contributed by atoms with Crippen molar-refractivity contribution in [3.05, 3.63) is 0 Å². The van der Waals surface area contributed by atoms with Gasteiger partial charge in [-0.1, -0.05) is 0 Å². The van der Waals surface area contributed by atoms with E-state index < -0.39 is 23.2 Å². The van der Waals surface area contributed by atoms with Crippen LogP contribution in [0, 0.1) is 0 Å². The largest absolute Gasteiger partial charge is 0.344 e. The van der Waals surface area contributed by atoms with Crippen LogP contribution in [0.15, 0.2) is 0 Å². The second-order valence-electron chi connectivity index (χ2n) is 3.06. The quantitative estimate of drug-likeness (QED) is 0.496. The zero-order chi connectivity index (χ0) is 10.7. The molecule has 1 unspecified atom stereocenters. The molecule has 0 saturated carbocycles. The average Bonchev–Trinajstić information content (AvgIpc) is 1.78. The lowest BCUT2D eigenvalue weighted by atomic mass is 10.7. The van der Waals surface area contributed by atoms with Gasteiger partial charge >= 0.3 is 0 Å². The van der Waals surface area contributed by atoms with Crippen LogP contribution in [-0.2, 0) is 14.7 Å². The zero-order valence-corrected chi connectivity index (χ0v) is 9.25. The molecule has 0 aliphatic carbocycles. The van der Waals surface area contributed by atoms with E-state index in [1.54, 1.807) is 0 Å². The monoisotopic (exact) mass is 231 g/mol. The van der Waals surface area contributed by atoms with Gasteiger partial charge in [0.25, 0.3) is 10.1 Å². The van der Waals surface area contributed by atoms with Crippen molar-refractivity contribution in [1.82, 2.24) is 4.90 Å². The van der Waals surface area contributed by atoms with Crippen LogP contribution in [0.25, 0.3) is 0 Å². The minimum Gasteiger partial charge on any atom is -0.344 e. The fourth-order valence-corrected chi connectivity index (χ4v) is 2.37. The second kappa shape index (κ2) is 4.52. The highest BCUT2D eigenvalue weighted by Gasteiger charge is 2.14. The highest BCUT2D eigenvalue weighted by Crippen LogP contribution is 2.35. The molecule has 0 aromatic heterocycles. The summed E-state index contributed by atoms with van der Waals surface area (Å²) in [7, 11) is -5.63. The molecule has 0 saturated heterocycles. The SMILES string of the molecule is CN(CCS(=O)(=O)O)CP(C)(=O)O. The van der Waals surface area contributed by atoms with Gasteiger partial charge in [-0.25, -0.2) is 0 Å². The Kier molecular flexibility index (Phi) is 4.54. The maximum absolute atomic E-state index is 10.9. The molecule has 8 heteroatoms. The average molecular weight is 231 g/mol. The molecule has 0 bridgehead atoms. The Balaban J connectivity index is 3.91. The molecule has 80 valence electrons. The van der Waals surface area contributed by atoms with Crippen LogP contribution >= 0.6 is 7.37 Å². The fraction of sp³-hybridized carbons (Fsp3) is 1.00. The molecule has 0 aliphatic rings. The van der Waals surface area contributed by atoms with E-state index in [1.807, 2.05) is 0 Å². The number of hydrogen-bond acceptors (Lipinski definition) is 4. The van der Waals surface area contributed by atoms with Gasteiger partial charge in [0.15, 0.2) is 0 Å². The van der Waals surface area contributed by atoms with Gasteiger partial charge in [0.2, 0.25) is 7.37 Å². The van der Waals surface area contributed by atoms with Crippen LogP contribution in [0.3, 0.4) is 0 Å². The van der Waals surface area contributed by atoms with Crippen molar-refractivity contribution in [1.29, 1.82) is 0 Å². The third kappa shape index (κ3) is 9.98. The zero-order valence-electron chi connectivity index (χ0n) is 7.54. The minimum absolute atomic E-state index is 0.0389. The van der Waals surface area contributed by atoms with E-state index >= 15 is 0 Å². The first-order chi connectivity index (χ1) is 5.60. The molecule has 6 nitrogen and oxygen atoms in total. The molecule has 13 heavy (non-hydrogen) atoms. The van der Waals surface area contributed by atoms with E-state index in [4.69, 9.17) is 9.45 Å². The molecule has 0 rings (SSSR count). The van der Waals surface area contributed by atoms with Gasteiger partial charge in [0.1, 0.15) is 0 Å². The molecule has 0 fully saturated rings. The molecule has 1 atom stereocenters.